The molecule has 0 unspecified atom stereocenters. The molecule has 0 aliphatic heterocycles. The van der Waals surface area contributed by atoms with E-state index in [1.807, 2.05) is 6.07 Å². The van der Waals surface area contributed by atoms with E-state index in [1.54, 1.807) is 11.8 Å². The Morgan fingerprint density at radius 3 is 2.79 bits per heavy atom. The Kier molecular flexibility index (Phi) is 3.42. The van der Waals surface area contributed by atoms with E-state index >= 15 is 0 Å². The van der Waals surface area contributed by atoms with Crippen LogP contribution in [0, 0.1) is 5.92 Å². The van der Waals surface area contributed by atoms with E-state index in [-0.39, 0.29) is 0 Å². The van der Waals surface area contributed by atoms with Gasteiger partial charge in [-0.2, -0.15) is 0 Å². The summed E-state index contributed by atoms with van der Waals surface area (Å²) in [5.74, 6) is 1.81. The van der Waals surface area contributed by atoms with Gasteiger partial charge in [-0.1, -0.05) is 43.8 Å². The normalized spacial score (nSPS) is 11.7. The van der Waals surface area contributed by atoms with Crippen molar-refractivity contribution < 1.29 is 0 Å². The highest BCUT2D eigenvalue weighted by atomic mass is 32.2. The molecule has 3 aromatic rings. The third-order valence-corrected chi connectivity index (χ3v) is 4.14. The maximum absolute atomic E-state index is 4.32. The molecule has 0 radical (unpaired) electrons. The molecule has 4 heteroatoms. The molecule has 0 fully saturated rings. The maximum atomic E-state index is 4.32. The average Bonchev–Trinajstić information content (AvgIpc) is 2.82. The van der Waals surface area contributed by atoms with Crippen LogP contribution >= 0.6 is 11.8 Å². The molecule has 19 heavy (non-hydrogen) atoms. The van der Waals surface area contributed by atoms with Crippen molar-refractivity contribution in [2.45, 2.75) is 25.4 Å². The first-order valence-electron chi connectivity index (χ1n) is 6.61. The fourth-order valence-electron chi connectivity index (χ4n) is 2.09. The van der Waals surface area contributed by atoms with Gasteiger partial charge in [0, 0.05) is 5.75 Å². The van der Waals surface area contributed by atoms with Crippen LogP contribution < -0.4 is 0 Å². The third kappa shape index (κ3) is 2.45. The van der Waals surface area contributed by atoms with Gasteiger partial charge in [0.1, 0.15) is 0 Å². The van der Waals surface area contributed by atoms with E-state index in [1.165, 1.54) is 17.3 Å². The Balaban J connectivity index is 2.02. The zero-order valence-corrected chi connectivity index (χ0v) is 12.0. The molecule has 0 amide bonds. The van der Waals surface area contributed by atoms with E-state index in [0.29, 0.717) is 0 Å². The van der Waals surface area contributed by atoms with Crippen LogP contribution in [0.15, 0.2) is 41.6 Å². The lowest BCUT2D eigenvalue weighted by molar-refractivity contribution is 0.631. The van der Waals surface area contributed by atoms with Gasteiger partial charge in [-0.3, -0.25) is 4.40 Å². The number of rotatable bonds is 4. The zero-order valence-electron chi connectivity index (χ0n) is 11.2. The van der Waals surface area contributed by atoms with Crippen LogP contribution in [0.2, 0.25) is 0 Å². The molecule has 0 atom stereocenters. The summed E-state index contributed by atoms with van der Waals surface area (Å²) in [6.07, 6.45) is 1.20. The number of hydrogen-bond acceptors (Lipinski definition) is 3. The van der Waals surface area contributed by atoms with Crippen LogP contribution in [0.25, 0.3) is 16.6 Å². The Morgan fingerprint density at radius 1 is 1.11 bits per heavy atom. The van der Waals surface area contributed by atoms with Crippen LogP contribution in [0.5, 0.6) is 0 Å². The molecule has 98 valence electrons. The second kappa shape index (κ2) is 5.21. The molecule has 2 aromatic heterocycles. The fourth-order valence-corrected chi connectivity index (χ4v) is 3.28. The molecule has 0 bridgehead atoms. The molecular formula is C15H17N3S. The minimum atomic E-state index is 0.725. The molecular weight excluding hydrogens is 254 g/mol. The zero-order chi connectivity index (χ0) is 13.2. The molecule has 0 saturated carbocycles. The van der Waals surface area contributed by atoms with Crippen molar-refractivity contribution in [3.05, 3.63) is 36.4 Å². The Bertz CT molecular complexity index is 703. The summed E-state index contributed by atoms with van der Waals surface area (Å²) >= 11 is 1.79. The number of benzene rings is 1. The third-order valence-electron chi connectivity index (χ3n) is 3.17. The van der Waals surface area contributed by atoms with Gasteiger partial charge in [0.25, 0.3) is 0 Å². The first-order valence-corrected chi connectivity index (χ1v) is 7.60. The molecule has 0 aliphatic carbocycles. The largest absolute Gasteiger partial charge is 0.270 e. The van der Waals surface area contributed by atoms with Crippen LogP contribution in [0.4, 0.5) is 0 Å². The van der Waals surface area contributed by atoms with Crippen molar-refractivity contribution in [1.82, 2.24) is 14.6 Å². The number of fused-ring (bicyclic) bond motifs is 3. The molecule has 0 saturated heterocycles. The van der Waals surface area contributed by atoms with Crippen molar-refractivity contribution in [3.8, 4) is 0 Å². The minimum Gasteiger partial charge on any atom is -0.270 e. The number of aromatic nitrogens is 3. The highest BCUT2D eigenvalue weighted by molar-refractivity contribution is 7.99. The first kappa shape index (κ1) is 12.5. The lowest BCUT2D eigenvalue weighted by atomic mass is 10.2. The molecule has 0 spiro atoms. The standard InChI is InChI=1S/C15H17N3S/c1-11(2)9-10-19-15-17-16-14-8-7-12-5-3-4-6-13(12)18(14)15/h3-8,11H,9-10H2,1-2H3. The summed E-state index contributed by atoms with van der Waals surface area (Å²) in [5.41, 5.74) is 2.10. The summed E-state index contributed by atoms with van der Waals surface area (Å²) in [5, 5.41) is 10.8. The van der Waals surface area contributed by atoms with Gasteiger partial charge in [0.15, 0.2) is 10.8 Å². The Hall–Kier alpha value is -1.55. The fraction of sp³-hybridized carbons (Fsp3) is 0.333. The monoisotopic (exact) mass is 271 g/mol. The van der Waals surface area contributed by atoms with Crippen molar-refractivity contribution in [2.24, 2.45) is 5.92 Å². The molecule has 0 aliphatic rings. The van der Waals surface area contributed by atoms with Gasteiger partial charge >= 0.3 is 0 Å². The second-order valence-corrected chi connectivity index (χ2v) is 6.16. The quantitative estimate of drug-likeness (QED) is 0.671. The molecule has 3 nitrogen and oxygen atoms in total. The maximum Gasteiger partial charge on any atom is 0.196 e. The SMILES string of the molecule is CC(C)CCSc1nnc2ccc3ccccc3n12. The summed E-state index contributed by atoms with van der Waals surface area (Å²) in [7, 11) is 0. The average molecular weight is 271 g/mol. The van der Waals surface area contributed by atoms with E-state index in [4.69, 9.17) is 0 Å². The Morgan fingerprint density at radius 2 is 1.95 bits per heavy atom. The summed E-state index contributed by atoms with van der Waals surface area (Å²) in [4.78, 5) is 0. The molecule has 1 aromatic carbocycles. The summed E-state index contributed by atoms with van der Waals surface area (Å²) in [6.45, 7) is 4.50. The number of nitrogens with zero attached hydrogens (tertiary/aromatic N) is 3. The van der Waals surface area contributed by atoms with E-state index in [2.05, 4.69) is 58.8 Å². The smallest absolute Gasteiger partial charge is 0.196 e. The van der Waals surface area contributed by atoms with Gasteiger partial charge in [-0.05, 0) is 35.9 Å². The summed E-state index contributed by atoms with van der Waals surface area (Å²) < 4.78 is 2.15. The van der Waals surface area contributed by atoms with Crippen molar-refractivity contribution in [3.63, 3.8) is 0 Å². The van der Waals surface area contributed by atoms with Crippen LogP contribution in [-0.4, -0.2) is 20.4 Å². The number of pyridine rings is 1. The van der Waals surface area contributed by atoms with Gasteiger partial charge < -0.3 is 0 Å². The molecule has 3 rings (SSSR count). The first-order chi connectivity index (χ1) is 9.25. The second-order valence-electron chi connectivity index (χ2n) is 5.10. The topological polar surface area (TPSA) is 30.2 Å². The lowest BCUT2D eigenvalue weighted by Crippen LogP contribution is -1.93. The van der Waals surface area contributed by atoms with E-state index < -0.39 is 0 Å². The number of thioether (sulfide) groups is 1. The predicted molar refractivity (Wildman–Crippen MR) is 80.7 cm³/mol. The van der Waals surface area contributed by atoms with Crippen LogP contribution in [0.3, 0.4) is 0 Å². The van der Waals surface area contributed by atoms with Crippen molar-refractivity contribution in [2.75, 3.05) is 5.75 Å². The van der Waals surface area contributed by atoms with Gasteiger partial charge in [-0.15, -0.1) is 10.2 Å². The summed E-state index contributed by atoms with van der Waals surface area (Å²) in [6, 6.07) is 12.5. The van der Waals surface area contributed by atoms with Crippen LogP contribution in [0.1, 0.15) is 20.3 Å². The van der Waals surface area contributed by atoms with Gasteiger partial charge in [0.05, 0.1) is 5.52 Å². The van der Waals surface area contributed by atoms with Crippen LogP contribution in [-0.2, 0) is 0 Å². The predicted octanol–water partition coefficient (Wildman–Crippen LogP) is 4.02. The molecule has 0 N–H and O–H groups in total. The van der Waals surface area contributed by atoms with Gasteiger partial charge in [0.2, 0.25) is 0 Å². The Labute approximate surface area is 117 Å². The highest BCUT2D eigenvalue weighted by Crippen LogP contribution is 2.24. The van der Waals surface area contributed by atoms with Crippen molar-refractivity contribution >= 4 is 28.3 Å². The number of hydrogen-bond donors (Lipinski definition) is 0. The number of para-hydroxylation sites is 1. The van der Waals surface area contributed by atoms with Gasteiger partial charge in [-0.25, -0.2) is 0 Å². The van der Waals surface area contributed by atoms with E-state index in [9.17, 15) is 0 Å². The molecule has 2 heterocycles. The lowest BCUT2D eigenvalue weighted by Gasteiger charge is -2.05. The minimum absolute atomic E-state index is 0.725. The highest BCUT2D eigenvalue weighted by Gasteiger charge is 2.09. The van der Waals surface area contributed by atoms with Crippen molar-refractivity contribution in [1.29, 1.82) is 0 Å². The van der Waals surface area contributed by atoms with E-state index in [0.717, 1.165) is 22.5 Å².